The van der Waals surface area contributed by atoms with Gasteiger partial charge < -0.3 is 10.2 Å². The minimum absolute atomic E-state index is 0.0380. The van der Waals surface area contributed by atoms with Gasteiger partial charge in [0.05, 0.1) is 16.4 Å². The molecule has 1 N–H and O–H groups in total. The van der Waals surface area contributed by atoms with Gasteiger partial charge in [-0.3, -0.25) is 4.79 Å². The second kappa shape index (κ2) is 7.70. The number of amidine groups is 1. The van der Waals surface area contributed by atoms with Crippen LogP contribution in [0, 0.1) is 0 Å². The summed E-state index contributed by atoms with van der Waals surface area (Å²) in [5, 5.41) is 3.10. The first-order valence-electron chi connectivity index (χ1n) is 8.62. The van der Waals surface area contributed by atoms with Crippen molar-refractivity contribution in [2.75, 3.05) is 16.8 Å². The van der Waals surface area contributed by atoms with Crippen LogP contribution in [0.1, 0.15) is 37.0 Å². The molecule has 2 aromatic carbocycles. The number of hydrogen-bond acceptors (Lipinski definition) is 4. The predicted molar refractivity (Wildman–Crippen MR) is 108 cm³/mol. The van der Waals surface area contributed by atoms with Gasteiger partial charge in [-0.25, -0.2) is 0 Å². The van der Waals surface area contributed by atoms with Gasteiger partial charge in [-0.15, -0.1) is 4.40 Å². The molecule has 1 aliphatic rings. The SMILES string of the molecule is CCCCN1C(C)=NS(=O)(=O)c2cc(C(=O)Nc3ccccc3Cl)ccc21. The number of amides is 1. The number of benzene rings is 2. The fourth-order valence-electron chi connectivity index (χ4n) is 2.89. The van der Waals surface area contributed by atoms with E-state index in [1.165, 1.54) is 6.07 Å². The van der Waals surface area contributed by atoms with Crippen molar-refractivity contribution in [3.63, 3.8) is 0 Å². The third kappa shape index (κ3) is 3.99. The van der Waals surface area contributed by atoms with E-state index < -0.39 is 15.9 Å². The summed E-state index contributed by atoms with van der Waals surface area (Å²) in [6, 6.07) is 11.5. The number of sulfonamides is 1. The van der Waals surface area contributed by atoms with Crippen LogP contribution in [-0.2, 0) is 10.0 Å². The van der Waals surface area contributed by atoms with Gasteiger partial charge >= 0.3 is 0 Å². The third-order valence-corrected chi connectivity index (χ3v) is 6.01. The molecule has 0 unspecified atom stereocenters. The molecule has 0 spiro atoms. The number of fused-ring (bicyclic) bond motifs is 1. The summed E-state index contributed by atoms with van der Waals surface area (Å²) in [5.74, 6) is -0.00305. The van der Waals surface area contributed by atoms with Crippen LogP contribution >= 0.6 is 11.6 Å². The number of halogens is 1. The first-order valence-corrected chi connectivity index (χ1v) is 10.4. The first-order chi connectivity index (χ1) is 12.8. The minimum Gasteiger partial charge on any atom is -0.328 e. The Morgan fingerprint density at radius 1 is 1.22 bits per heavy atom. The number of carbonyl (C=O) groups excluding carboxylic acids is 1. The van der Waals surface area contributed by atoms with Crippen molar-refractivity contribution in [2.45, 2.75) is 31.6 Å². The van der Waals surface area contributed by atoms with Crippen molar-refractivity contribution in [1.29, 1.82) is 0 Å². The lowest BCUT2D eigenvalue weighted by atomic mass is 10.1. The molecule has 8 heteroatoms. The molecule has 0 saturated heterocycles. The lowest BCUT2D eigenvalue weighted by Gasteiger charge is -2.29. The monoisotopic (exact) mass is 405 g/mol. The Morgan fingerprint density at radius 3 is 2.67 bits per heavy atom. The number of hydrogen-bond donors (Lipinski definition) is 1. The summed E-state index contributed by atoms with van der Waals surface area (Å²) in [6.07, 6.45) is 1.88. The standard InChI is InChI=1S/C19H20ClN3O3S/c1-3-4-11-23-13(2)22-27(25,26)18-12-14(9-10-17(18)23)19(24)21-16-8-6-5-7-15(16)20/h5-10,12H,3-4,11H2,1-2H3,(H,21,24). The van der Waals surface area contributed by atoms with Gasteiger partial charge in [-0.05, 0) is 43.7 Å². The highest BCUT2D eigenvalue weighted by Crippen LogP contribution is 2.33. The molecule has 0 atom stereocenters. The van der Waals surface area contributed by atoms with Crippen molar-refractivity contribution >= 4 is 44.7 Å². The molecule has 0 fully saturated rings. The first kappa shape index (κ1) is 19.4. The second-order valence-corrected chi connectivity index (χ2v) is 8.21. The molecule has 0 bridgehead atoms. The summed E-state index contributed by atoms with van der Waals surface area (Å²) in [7, 11) is -3.85. The quantitative estimate of drug-likeness (QED) is 0.803. The Hall–Kier alpha value is -2.38. The molecule has 2 aromatic rings. The van der Waals surface area contributed by atoms with Gasteiger partial charge in [0.1, 0.15) is 10.7 Å². The van der Waals surface area contributed by atoms with Crippen LogP contribution in [0.15, 0.2) is 51.8 Å². The zero-order chi connectivity index (χ0) is 19.6. The van der Waals surface area contributed by atoms with Gasteiger partial charge in [0, 0.05) is 12.1 Å². The molecular formula is C19H20ClN3O3S. The summed E-state index contributed by atoms with van der Waals surface area (Å²) >= 11 is 6.07. The van der Waals surface area contributed by atoms with Crippen LogP contribution < -0.4 is 10.2 Å². The van der Waals surface area contributed by atoms with Crippen LogP contribution in [0.3, 0.4) is 0 Å². The predicted octanol–water partition coefficient (Wildman–Crippen LogP) is 4.32. The zero-order valence-electron chi connectivity index (χ0n) is 15.1. The normalized spacial score (nSPS) is 15.1. The third-order valence-electron chi connectivity index (χ3n) is 4.29. The smallest absolute Gasteiger partial charge is 0.286 e. The molecule has 142 valence electrons. The molecule has 3 rings (SSSR count). The maximum Gasteiger partial charge on any atom is 0.286 e. The van der Waals surface area contributed by atoms with Crippen molar-refractivity contribution in [3.8, 4) is 0 Å². The van der Waals surface area contributed by atoms with Crippen molar-refractivity contribution < 1.29 is 13.2 Å². The lowest BCUT2D eigenvalue weighted by Crippen LogP contribution is -2.34. The minimum atomic E-state index is -3.85. The van der Waals surface area contributed by atoms with Crippen LogP contribution in [0.5, 0.6) is 0 Å². The molecule has 0 aromatic heterocycles. The summed E-state index contributed by atoms with van der Waals surface area (Å²) < 4.78 is 28.9. The second-order valence-electron chi connectivity index (χ2n) is 6.24. The number of nitrogens with one attached hydrogen (secondary N) is 1. The van der Waals surface area contributed by atoms with E-state index >= 15 is 0 Å². The van der Waals surface area contributed by atoms with Crippen molar-refractivity contribution in [3.05, 3.63) is 53.1 Å². The number of nitrogens with zero attached hydrogens (tertiary/aromatic N) is 2. The lowest BCUT2D eigenvalue weighted by molar-refractivity contribution is 0.102. The Bertz CT molecular complexity index is 1020. The molecule has 1 heterocycles. The Kier molecular flexibility index (Phi) is 5.53. The van der Waals surface area contributed by atoms with Crippen molar-refractivity contribution in [1.82, 2.24) is 0 Å². The number of para-hydroxylation sites is 1. The fourth-order valence-corrected chi connectivity index (χ4v) is 4.33. The molecule has 1 amide bonds. The maximum atomic E-state index is 12.6. The van der Waals surface area contributed by atoms with E-state index in [0.717, 1.165) is 12.8 Å². The van der Waals surface area contributed by atoms with Gasteiger partial charge in [0.15, 0.2) is 0 Å². The Labute approximate surface area is 163 Å². The van der Waals surface area contributed by atoms with Crippen LogP contribution in [0.4, 0.5) is 11.4 Å². The highest BCUT2D eigenvalue weighted by atomic mass is 35.5. The Morgan fingerprint density at radius 2 is 1.96 bits per heavy atom. The number of anilines is 2. The van der Waals surface area contributed by atoms with E-state index in [-0.39, 0.29) is 10.5 Å². The number of rotatable bonds is 5. The van der Waals surface area contributed by atoms with Gasteiger partial charge in [0.25, 0.3) is 15.9 Å². The van der Waals surface area contributed by atoms with E-state index in [4.69, 9.17) is 11.6 Å². The molecule has 6 nitrogen and oxygen atoms in total. The van der Waals surface area contributed by atoms with E-state index in [1.54, 1.807) is 43.3 Å². The maximum absolute atomic E-state index is 12.6. The van der Waals surface area contributed by atoms with Gasteiger partial charge in [0.2, 0.25) is 0 Å². The topological polar surface area (TPSA) is 78.8 Å². The van der Waals surface area contributed by atoms with E-state index in [1.807, 2.05) is 4.90 Å². The summed E-state index contributed by atoms with van der Waals surface area (Å²) in [4.78, 5) is 14.5. The van der Waals surface area contributed by atoms with Crippen LogP contribution in [-0.4, -0.2) is 26.7 Å². The molecule has 0 saturated carbocycles. The average molecular weight is 406 g/mol. The van der Waals surface area contributed by atoms with E-state index in [0.29, 0.717) is 28.8 Å². The Balaban J connectivity index is 1.96. The molecule has 0 radical (unpaired) electrons. The molecule has 0 aliphatic carbocycles. The van der Waals surface area contributed by atoms with Gasteiger partial charge in [-0.1, -0.05) is 37.1 Å². The molecule has 27 heavy (non-hydrogen) atoms. The van der Waals surface area contributed by atoms with Crippen LogP contribution in [0.2, 0.25) is 5.02 Å². The zero-order valence-corrected chi connectivity index (χ0v) is 16.6. The highest BCUT2D eigenvalue weighted by molar-refractivity contribution is 7.90. The summed E-state index contributed by atoms with van der Waals surface area (Å²) in [6.45, 7) is 4.41. The average Bonchev–Trinajstić information content (AvgIpc) is 2.62. The molecular weight excluding hydrogens is 386 g/mol. The summed E-state index contributed by atoms with van der Waals surface area (Å²) in [5.41, 5.74) is 1.23. The largest absolute Gasteiger partial charge is 0.328 e. The van der Waals surface area contributed by atoms with Crippen LogP contribution in [0.25, 0.3) is 0 Å². The highest BCUT2D eigenvalue weighted by Gasteiger charge is 2.29. The number of unbranched alkanes of at least 4 members (excludes halogenated alkanes) is 1. The van der Waals surface area contributed by atoms with E-state index in [9.17, 15) is 13.2 Å². The van der Waals surface area contributed by atoms with Crippen molar-refractivity contribution in [2.24, 2.45) is 4.40 Å². The number of carbonyl (C=O) groups is 1. The molecule has 1 aliphatic heterocycles. The van der Waals surface area contributed by atoms with E-state index in [2.05, 4.69) is 16.6 Å². The van der Waals surface area contributed by atoms with Gasteiger partial charge in [-0.2, -0.15) is 8.42 Å². The fraction of sp³-hybridized carbons (Fsp3) is 0.263.